The van der Waals surface area contributed by atoms with Crippen LogP contribution in [-0.2, 0) is 11.3 Å². The Kier molecular flexibility index (Phi) is 4.94. The maximum Gasteiger partial charge on any atom is 0.0582 e. The van der Waals surface area contributed by atoms with Crippen molar-refractivity contribution in [3.05, 3.63) is 29.1 Å². The van der Waals surface area contributed by atoms with E-state index >= 15 is 0 Å². The smallest absolute Gasteiger partial charge is 0.0582 e. The van der Waals surface area contributed by atoms with Crippen LogP contribution in [-0.4, -0.2) is 36.7 Å². The first kappa shape index (κ1) is 14.5. The van der Waals surface area contributed by atoms with Gasteiger partial charge >= 0.3 is 0 Å². The third-order valence-electron chi connectivity index (χ3n) is 3.95. The van der Waals surface area contributed by atoms with Gasteiger partial charge in [0.1, 0.15) is 0 Å². The molecule has 0 amide bonds. The fourth-order valence-electron chi connectivity index (χ4n) is 2.50. The monoisotopic (exact) mass is 262 g/mol. The molecule has 0 spiro atoms. The van der Waals surface area contributed by atoms with E-state index in [1.54, 1.807) is 0 Å². The summed E-state index contributed by atoms with van der Waals surface area (Å²) in [5.74, 6) is 1.02. The lowest BCUT2D eigenvalue weighted by Crippen LogP contribution is -2.20. The lowest BCUT2D eigenvalue weighted by molar-refractivity contribution is 0.193. The second-order valence-corrected chi connectivity index (χ2v) is 5.82. The lowest BCUT2D eigenvalue weighted by Gasteiger charge is -2.20. The minimum atomic E-state index is 0.486. The molecule has 1 atom stereocenters. The van der Waals surface area contributed by atoms with E-state index in [-0.39, 0.29) is 0 Å². The molecule has 1 fully saturated rings. The van der Waals surface area contributed by atoms with E-state index in [1.807, 2.05) is 0 Å². The summed E-state index contributed by atoms with van der Waals surface area (Å²) in [5, 5.41) is 0. The molecule has 2 heterocycles. The van der Waals surface area contributed by atoms with Gasteiger partial charge in [0.25, 0.3) is 0 Å². The Morgan fingerprint density at radius 2 is 2.21 bits per heavy atom. The maximum atomic E-state index is 5.53. The number of hydrogen-bond acceptors (Lipinski definition) is 3. The van der Waals surface area contributed by atoms with Gasteiger partial charge in [0.2, 0.25) is 0 Å². The molecule has 1 unspecified atom stereocenters. The van der Waals surface area contributed by atoms with Crippen LogP contribution in [0.2, 0.25) is 0 Å². The number of ether oxygens (including phenoxy) is 1. The minimum absolute atomic E-state index is 0.486. The third-order valence-corrected chi connectivity index (χ3v) is 3.95. The van der Waals surface area contributed by atoms with E-state index in [0.717, 1.165) is 32.7 Å². The number of rotatable bonds is 5. The molecule has 1 aromatic rings. The molecule has 0 aromatic carbocycles. The highest BCUT2D eigenvalue weighted by Gasteiger charge is 2.22. The van der Waals surface area contributed by atoms with Gasteiger partial charge in [-0.3, -0.25) is 4.98 Å². The quantitative estimate of drug-likeness (QED) is 0.815. The highest BCUT2D eigenvalue weighted by molar-refractivity contribution is 5.28. The minimum Gasteiger partial charge on any atom is -0.381 e. The summed E-state index contributed by atoms with van der Waals surface area (Å²) in [4.78, 5) is 7.22. The van der Waals surface area contributed by atoms with E-state index in [1.165, 1.54) is 17.0 Å². The van der Waals surface area contributed by atoms with E-state index in [0.29, 0.717) is 11.8 Å². The van der Waals surface area contributed by atoms with Gasteiger partial charge in [-0.2, -0.15) is 0 Å². The molecule has 2 rings (SSSR count). The summed E-state index contributed by atoms with van der Waals surface area (Å²) in [7, 11) is 2.15. The molecule has 3 heteroatoms. The number of nitrogens with zero attached hydrogens (tertiary/aromatic N) is 2. The van der Waals surface area contributed by atoms with E-state index in [4.69, 9.17) is 9.72 Å². The molecule has 0 saturated carbocycles. The van der Waals surface area contributed by atoms with Crippen LogP contribution in [0.5, 0.6) is 0 Å². The van der Waals surface area contributed by atoms with Crippen molar-refractivity contribution in [1.29, 1.82) is 0 Å². The molecule has 0 radical (unpaired) electrons. The molecule has 3 nitrogen and oxygen atoms in total. The first-order valence-electron chi connectivity index (χ1n) is 7.37. The van der Waals surface area contributed by atoms with Crippen LogP contribution in [0.4, 0.5) is 0 Å². The average molecular weight is 262 g/mol. The normalized spacial score (nSPS) is 19.6. The first-order valence-corrected chi connectivity index (χ1v) is 7.37. The molecule has 1 aromatic heterocycles. The van der Waals surface area contributed by atoms with Crippen molar-refractivity contribution in [2.75, 3.05) is 26.8 Å². The number of aromatic nitrogens is 1. The Labute approximate surface area is 117 Å². The molecular weight excluding hydrogens is 236 g/mol. The van der Waals surface area contributed by atoms with Crippen molar-refractivity contribution < 1.29 is 4.74 Å². The molecule has 0 bridgehead atoms. The topological polar surface area (TPSA) is 25.4 Å². The third kappa shape index (κ3) is 3.54. The first-order chi connectivity index (χ1) is 9.11. The fourth-order valence-corrected chi connectivity index (χ4v) is 2.50. The summed E-state index contributed by atoms with van der Waals surface area (Å²) in [5.41, 5.74) is 3.83. The average Bonchev–Trinajstić information content (AvgIpc) is 2.92. The molecule has 1 saturated heterocycles. The van der Waals surface area contributed by atoms with Crippen molar-refractivity contribution >= 4 is 0 Å². The van der Waals surface area contributed by atoms with Gasteiger partial charge in [-0.1, -0.05) is 26.8 Å². The molecule has 1 aliphatic rings. The summed E-state index contributed by atoms with van der Waals surface area (Å²) in [6.07, 6.45) is 1.13. The fraction of sp³-hybridized carbons (Fsp3) is 0.688. The van der Waals surface area contributed by atoms with Gasteiger partial charge in [0.15, 0.2) is 0 Å². The van der Waals surface area contributed by atoms with Crippen LogP contribution in [0.15, 0.2) is 12.1 Å². The highest BCUT2D eigenvalue weighted by atomic mass is 16.5. The zero-order chi connectivity index (χ0) is 13.8. The lowest BCUT2D eigenvalue weighted by atomic mass is 9.95. The van der Waals surface area contributed by atoms with Crippen LogP contribution in [0.3, 0.4) is 0 Å². The summed E-state index contributed by atoms with van der Waals surface area (Å²) in [6.45, 7) is 10.3. The molecule has 19 heavy (non-hydrogen) atoms. The van der Waals surface area contributed by atoms with Crippen molar-refractivity contribution in [3.8, 4) is 0 Å². The van der Waals surface area contributed by atoms with Gasteiger partial charge in [-0.25, -0.2) is 0 Å². The highest BCUT2D eigenvalue weighted by Crippen LogP contribution is 2.29. The summed E-state index contributed by atoms with van der Waals surface area (Å²) < 4.78 is 5.53. The second kappa shape index (κ2) is 6.49. The predicted octanol–water partition coefficient (Wildman–Crippen LogP) is 3.16. The van der Waals surface area contributed by atoms with E-state index < -0.39 is 0 Å². The SMILES string of the molecule is CCN(C)Cc1nc(C(C)C)ccc1C1CCOC1. The Morgan fingerprint density at radius 1 is 1.42 bits per heavy atom. The summed E-state index contributed by atoms with van der Waals surface area (Å²) >= 11 is 0. The van der Waals surface area contributed by atoms with Crippen LogP contribution < -0.4 is 0 Å². The zero-order valence-electron chi connectivity index (χ0n) is 12.6. The van der Waals surface area contributed by atoms with E-state index in [9.17, 15) is 0 Å². The Bertz CT molecular complexity index is 411. The van der Waals surface area contributed by atoms with Crippen molar-refractivity contribution in [1.82, 2.24) is 9.88 Å². The molecular formula is C16H26N2O. The molecule has 0 N–H and O–H groups in total. The predicted molar refractivity (Wildman–Crippen MR) is 78.5 cm³/mol. The molecule has 0 aliphatic carbocycles. The van der Waals surface area contributed by atoms with Gasteiger partial charge in [0.05, 0.1) is 12.3 Å². The number of pyridine rings is 1. The van der Waals surface area contributed by atoms with Gasteiger partial charge in [-0.15, -0.1) is 0 Å². The van der Waals surface area contributed by atoms with E-state index in [2.05, 4.69) is 44.9 Å². The largest absolute Gasteiger partial charge is 0.381 e. The Hall–Kier alpha value is -0.930. The van der Waals surface area contributed by atoms with Gasteiger partial charge in [-0.05, 0) is 37.6 Å². The maximum absolute atomic E-state index is 5.53. The Balaban J connectivity index is 2.29. The van der Waals surface area contributed by atoms with Crippen LogP contribution >= 0.6 is 0 Å². The zero-order valence-corrected chi connectivity index (χ0v) is 12.6. The van der Waals surface area contributed by atoms with Gasteiger partial charge in [0, 0.05) is 24.8 Å². The van der Waals surface area contributed by atoms with Gasteiger partial charge < -0.3 is 9.64 Å². The standard InChI is InChI=1S/C16H26N2O/c1-5-18(4)10-16-14(13-8-9-19-11-13)6-7-15(17-16)12(2)3/h6-7,12-13H,5,8-11H2,1-4H3. The van der Waals surface area contributed by atoms with Crippen LogP contribution in [0.25, 0.3) is 0 Å². The molecule has 1 aliphatic heterocycles. The van der Waals surface area contributed by atoms with Crippen LogP contribution in [0, 0.1) is 0 Å². The van der Waals surface area contributed by atoms with Crippen LogP contribution in [0.1, 0.15) is 56.0 Å². The van der Waals surface area contributed by atoms with Crippen molar-refractivity contribution in [2.24, 2.45) is 0 Å². The number of hydrogen-bond donors (Lipinski definition) is 0. The summed E-state index contributed by atoms with van der Waals surface area (Å²) in [6, 6.07) is 4.47. The second-order valence-electron chi connectivity index (χ2n) is 5.82. The van der Waals surface area contributed by atoms with Crippen molar-refractivity contribution in [2.45, 2.75) is 45.6 Å². The van der Waals surface area contributed by atoms with Crippen molar-refractivity contribution in [3.63, 3.8) is 0 Å². The molecule has 106 valence electrons. The Morgan fingerprint density at radius 3 is 2.79 bits per heavy atom.